The molecule has 0 amide bonds. The quantitative estimate of drug-likeness (QED) is 0.529. The summed E-state index contributed by atoms with van der Waals surface area (Å²) in [6, 6.07) is 17.1. The highest BCUT2D eigenvalue weighted by atomic mass is 32.1. The molecule has 2 rings (SSSR count). The Morgan fingerprint density at radius 1 is 0.800 bits per heavy atom. The van der Waals surface area contributed by atoms with E-state index in [0.717, 1.165) is 0 Å². The maximum absolute atomic E-state index is 3.79. The van der Waals surface area contributed by atoms with Gasteiger partial charge >= 0.3 is 0 Å². The molecule has 0 saturated carbocycles. The summed E-state index contributed by atoms with van der Waals surface area (Å²) in [6.07, 6.45) is 0. The zero-order chi connectivity index (χ0) is 10.7. The van der Waals surface area contributed by atoms with Gasteiger partial charge in [-0.15, -0.1) is 0 Å². The van der Waals surface area contributed by atoms with Gasteiger partial charge in [0.25, 0.3) is 0 Å². The van der Waals surface area contributed by atoms with Crippen molar-refractivity contribution in [1.29, 1.82) is 0 Å². The minimum atomic E-state index is 1.20. The number of hydrogen-bond acceptors (Lipinski definition) is 0. The maximum Gasteiger partial charge on any atom is 0.230 e. The SMILES string of the molecule is C=[S+]c1ccc(-c2ccc(C)cc2)cc1. The van der Waals surface area contributed by atoms with Crippen molar-refractivity contribution in [3.8, 4) is 11.1 Å². The highest BCUT2D eigenvalue weighted by molar-refractivity contribution is 7.76. The van der Waals surface area contributed by atoms with Gasteiger partial charge < -0.3 is 0 Å². The number of hydrogen-bond donors (Lipinski definition) is 0. The summed E-state index contributed by atoms with van der Waals surface area (Å²) >= 11 is 1.53. The third-order valence-corrected chi connectivity index (χ3v) is 3.01. The Balaban J connectivity index is 2.37. The fourth-order valence-electron chi connectivity index (χ4n) is 1.49. The van der Waals surface area contributed by atoms with Gasteiger partial charge in [-0.05, 0) is 30.2 Å². The first-order valence-electron chi connectivity index (χ1n) is 4.89. The van der Waals surface area contributed by atoms with Crippen LogP contribution >= 0.6 is 0 Å². The van der Waals surface area contributed by atoms with Crippen LogP contribution in [0.15, 0.2) is 53.4 Å². The van der Waals surface area contributed by atoms with Gasteiger partial charge in [-0.3, -0.25) is 0 Å². The molecular weight excluding hydrogens is 200 g/mol. The topological polar surface area (TPSA) is 0 Å². The lowest BCUT2D eigenvalue weighted by molar-refractivity contribution is 1.44. The van der Waals surface area contributed by atoms with E-state index in [1.54, 1.807) is 0 Å². The standard InChI is InChI=1S/C14H13S/c1-11-3-5-12(6-4-11)13-7-9-14(15-2)10-8-13/h3-10H,2H2,1H3/q+1. The first-order chi connectivity index (χ1) is 7.29. The van der Waals surface area contributed by atoms with E-state index in [1.807, 2.05) is 0 Å². The van der Waals surface area contributed by atoms with Gasteiger partial charge in [0.2, 0.25) is 16.2 Å². The summed E-state index contributed by atoms with van der Waals surface area (Å²) in [5, 5.41) is 0. The smallest absolute Gasteiger partial charge is 0.0587 e. The van der Waals surface area contributed by atoms with E-state index in [1.165, 1.54) is 32.9 Å². The summed E-state index contributed by atoms with van der Waals surface area (Å²) in [4.78, 5) is 1.20. The molecule has 0 bridgehead atoms. The van der Waals surface area contributed by atoms with Crippen LogP contribution in [-0.2, 0) is 11.4 Å². The lowest BCUT2D eigenvalue weighted by Crippen LogP contribution is -1.79. The molecule has 2 aromatic rings. The monoisotopic (exact) mass is 213 g/mol. The average molecular weight is 213 g/mol. The van der Waals surface area contributed by atoms with Crippen molar-refractivity contribution in [2.75, 3.05) is 0 Å². The first kappa shape index (κ1) is 10.1. The van der Waals surface area contributed by atoms with Crippen LogP contribution in [0.25, 0.3) is 11.1 Å². The van der Waals surface area contributed by atoms with Crippen LogP contribution in [0.4, 0.5) is 0 Å². The largest absolute Gasteiger partial charge is 0.230 e. The van der Waals surface area contributed by atoms with Crippen LogP contribution in [0.1, 0.15) is 5.56 Å². The van der Waals surface area contributed by atoms with E-state index >= 15 is 0 Å². The Morgan fingerprint density at radius 2 is 1.27 bits per heavy atom. The molecule has 0 aliphatic rings. The van der Waals surface area contributed by atoms with Gasteiger partial charge in [-0.25, -0.2) is 0 Å². The third kappa shape index (κ3) is 2.31. The van der Waals surface area contributed by atoms with E-state index in [2.05, 4.69) is 61.3 Å². The second-order valence-corrected chi connectivity index (χ2v) is 4.29. The van der Waals surface area contributed by atoms with Crippen molar-refractivity contribution < 1.29 is 0 Å². The van der Waals surface area contributed by atoms with Gasteiger partial charge in [-0.1, -0.05) is 29.8 Å². The molecule has 1 heteroatoms. The van der Waals surface area contributed by atoms with E-state index < -0.39 is 0 Å². The minimum absolute atomic E-state index is 1.20. The lowest BCUT2D eigenvalue weighted by atomic mass is 10.0. The van der Waals surface area contributed by atoms with Crippen LogP contribution in [0.5, 0.6) is 0 Å². The molecule has 0 heterocycles. The molecule has 0 radical (unpaired) electrons. The molecule has 0 saturated heterocycles. The zero-order valence-corrected chi connectivity index (χ0v) is 9.55. The van der Waals surface area contributed by atoms with Crippen LogP contribution in [-0.4, -0.2) is 5.87 Å². The van der Waals surface area contributed by atoms with Gasteiger partial charge in [0.05, 0.1) is 0 Å². The molecule has 0 N–H and O–H groups in total. The molecule has 15 heavy (non-hydrogen) atoms. The minimum Gasteiger partial charge on any atom is -0.0587 e. The number of aryl methyl sites for hydroxylation is 1. The molecule has 0 aromatic heterocycles. The highest BCUT2D eigenvalue weighted by Crippen LogP contribution is 2.20. The predicted molar refractivity (Wildman–Crippen MR) is 69.4 cm³/mol. The molecule has 0 aliphatic heterocycles. The normalized spacial score (nSPS) is 9.93. The van der Waals surface area contributed by atoms with Crippen molar-refractivity contribution in [3.05, 3.63) is 54.1 Å². The van der Waals surface area contributed by atoms with Crippen molar-refractivity contribution in [2.45, 2.75) is 11.8 Å². The van der Waals surface area contributed by atoms with Crippen molar-refractivity contribution in [3.63, 3.8) is 0 Å². The Labute approximate surface area is 94.5 Å². The van der Waals surface area contributed by atoms with E-state index in [9.17, 15) is 0 Å². The molecule has 2 aromatic carbocycles. The Morgan fingerprint density at radius 3 is 1.73 bits per heavy atom. The Hall–Kier alpha value is -1.47. The molecule has 0 nitrogen and oxygen atoms in total. The lowest BCUT2D eigenvalue weighted by Gasteiger charge is -2.00. The summed E-state index contributed by atoms with van der Waals surface area (Å²) < 4.78 is 0. The zero-order valence-electron chi connectivity index (χ0n) is 8.73. The van der Waals surface area contributed by atoms with Crippen LogP contribution in [0.3, 0.4) is 0 Å². The van der Waals surface area contributed by atoms with Crippen molar-refractivity contribution in [1.82, 2.24) is 0 Å². The summed E-state index contributed by atoms with van der Waals surface area (Å²) in [5.41, 5.74) is 3.82. The predicted octanol–water partition coefficient (Wildman–Crippen LogP) is 3.54. The van der Waals surface area contributed by atoms with E-state index in [4.69, 9.17) is 0 Å². The highest BCUT2D eigenvalue weighted by Gasteiger charge is 2.00. The molecule has 0 unspecified atom stereocenters. The van der Waals surface area contributed by atoms with Gasteiger partial charge in [0.15, 0.2) is 5.87 Å². The summed E-state index contributed by atoms with van der Waals surface area (Å²) in [6.45, 7) is 2.10. The van der Waals surface area contributed by atoms with Crippen molar-refractivity contribution >= 4 is 17.2 Å². The molecular formula is C14H13S+. The Kier molecular flexibility index (Phi) is 2.93. The van der Waals surface area contributed by atoms with Gasteiger partial charge in [0, 0.05) is 12.1 Å². The fraction of sp³-hybridized carbons (Fsp3) is 0.0714. The molecule has 0 fully saturated rings. The fourth-order valence-corrected chi connectivity index (χ4v) is 1.82. The van der Waals surface area contributed by atoms with E-state index in [0.29, 0.717) is 0 Å². The second-order valence-electron chi connectivity index (χ2n) is 3.53. The van der Waals surface area contributed by atoms with Crippen LogP contribution in [0.2, 0.25) is 0 Å². The number of rotatable bonds is 2. The van der Waals surface area contributed by atoms with Crippen LogP contribution < -0.4 is 0 Å². The second kappa shape index (κ2) is 4.37. The average Bonchev–Trinajstić information content (AvgIpc) is 2.30. The molecule has 0 aliphatic carbocycles. The summed E-state index contributed by atoms with van der Waals surface area (Å²) in [7, 11) is 0. The summed E-state index contributed by atoms with van der Waals surface area (Å²) in [5.74, 6) is 3.79. The first-order valence-corrected chi connectivity index (χ1v) is 5.87. The maximum atomic E-state index is 3.79. The Bertz CT molecular complexity index is 452. The molecule has 74 valence electrons. The molecule has 0 atom stereocenters. The molecule has 0 spiro atoms. The number of benzene rings is 2. The van der Waals surface area contributed by atoms with Gasteiger partial charge in [0.1, 0.15) is 0 Å². The van der Waals surface area contributed by atoms with E-state index in [-0.39, 0.29) is 0 Å². The van der Waals surface area contributed by atoms with Crippen molar-refractivity contribution in [2.24, 2.45) is 0 Å². The third-order valence-electron chi connectivity index (χ3n) is 2.41. The van der Waals surface area contributed by atoms with Crippen LogP contribution in [0, 0.1) is 6.92 Å². The van der Waals surface area contributed by atoms with Gasteiger partial charge in [-0.2, -0.15) is 0 Å².